The maximum atomic E-state index is 12.1. The minimum atomic E-state index is -1.10. The molecule has 3 amide bonds. The van der Waals surface area contributed by atoms with Crippen LogP contribution in [0.4, 0.5) is 4.79 Å². The van der Waals surface area contributed by atoms with Gasteiger partial charge in [0, 0.05) is 13.1 Å². The van der Waals surface area contributed by atoms with Crippen molar-refractivity contribution in [1.82, 2.24) is 15.5 Å². The second kappa shape index (κ2) is 6.78. The molecule has 0 bridgehead atoms. The number of nitrogens with one attached hydrogen (secondary N) is 2. The highest BCUT2D eigenvalue weighted by Gasteiger charge is 2.33. The minimum Gasteiger partial charge on any atom is -0.480 e. The fraction of sp³-hybridized carbons (Fsp3) is 0.786. The van der Waals surface area contributed by atoms with E-state index in [4.69, 9.17) is 5.11 Å². The Morgan fingerprint density at radius 2 is 1.62 bits per heavy atom. The molecule has 1 aliphatic rings. The summed E-state index contributed by atoms with van der Waals surface area (Å²) < 4.78 is 0. The highest BCUT2D eigenvalue weighted by molar-refractivity contribution is 5.88. The summed E-state index contributed by atoms with van der Waals surface area (Å²) in [5.41, 5.74) is -0.620. The molecule has 0 aromatic rings. The lowest BCUT2D eigenvalue weighted by Crippen LogP contribution is -2.55. The van der Waals surface area contributed by atoms with Crippen LogP contribution in [0.2, 0.25) is 0 Å². The van der Waals surface area contributed by atoms with Gasteiger partial charge in [-0.2, -0.15) is 0 Å². The van der Waals surface area contributed by atoms with Crippen molar-refractivity contribution >= 4 is 17.9 Å². The minimum absolute atomic E-state index is 0.134. The molecule has 1 fully saturated rings. The lowest BCUT2D eigenvalue weighted by molar-refractivity contribution is -0.141. The van der Waals surface area contributed by atoms with Gasteiger partial charge in [0.1, 0.15) is 12.1 Å². The van der Waals surface area contributed by atoms with E-state index in [1.807, 2.05) is 0 Å². The van der Waals surface area contributed by atoms with Crippen molar-refractivity contribution in [3.63, 3.8) is 0 Å². The Bertz CT molecular complexity index is 411. The Kier molecular flexibility index (Phi) is 5.57. The number of hydrogen-bond donors (Lipinski definition) is 3. The molecule has 1 heterocycles. The molecule has 3 N–H and O–H groups in total. The van der Waals surface area contributed by atoms with Gasteiger partial charge in [0.25, 0.3) is 0 Å². The molecule has 1 rings (SSSR count). The van der Waals surface area contributed by atoms with E-state index in [2.05, 4.69) is 10.6 Å². The molecule has 2 atom stereocenters. The Balaban J connectivity index is 2.55. The molecule has 7 heteroatoms. The van der Waals surface area contributed by atoms with Crippen LogP contribution in [0, 0.1) is 5.41 Å². The van der Waals surface area contributed by atoms with Gasteiger partial charge in [-0.1, -0.05) is 20.8 Å². The Hall–Kier alpha value is -1.79. The number of carboxylic acids is 1. The van der Waals surface area contributed by atoms with Crippen molar-refractivity contribution in [3.8, 4) is 0 Å². The molecule has 7 nitrogen and oxygen atoms in total. The van der Waals surface area contributed by atoms with E-state index in [0.717, 1.165) is 12.8 Å². The summed E-state index contributed by atoms with van der Waals surface area (Å²) in [6.45, 7) is 8.21. The van der Waals surface area contributed by atoms with Crippen molar-refractivity contribution in [3.05, 3.63) is 0 Å². The second-order valence-corrected chi connectivity index (χ2v) is 6.51. The van der Waals surface area contributed by atoms with Crippen molar-refractivity contribution in [2.75, 3.05) is 13.1 Å². The van der Waals surface area contributed by atoms with Crippen LogP contribution in [0.15, 0.2) is 0 Å². The van der Waals surface area contributed by atoms with Crippen LogP contribution in [0.1, 0.15) is 40.5 Å². The number of urea groups is 1. The van der Waals surface area contributed by atoms with Gasteiger partial charge in [0.2, 0.25) is 5.91 Å². The summed E-state index contributed by atoms with van der Waals surface area (Å²) in [7, 11) is 0. The van der Waals surface area contributed by atoms with E-state index < -0.39 is 29.5 Å². The zero-order valence-corrected chi connectivity index (χ0v) is 13.1. The van der Waals surface area contributed by atoms with Gasteiger partial charge in [-0.3, -0.25) is 4.79 Å². The van der Waals surface area contributed by atoms with Crippen molar-refractivity contribution < 1.29 is 19.5 Å². The second-order valence-electron chi connectivity index (χ2n) is 6.51. The van der Waals surface area contributed by atoms with Crippen LogP contribution in [0.5, 0.6) is 0 Å². The third-order valence-corrected chi connectivity index (χ3v) is 3.52. The first-order valence-electron chi connectivity index (χ1n) is 7.21. The van der Waals surface area contributed by atoms with E-state index >= 15 is 0 Å². The summed E-state index contributed by atoms with van der Waals surface area (Å²) >= 11 is 0. The van der Waals surface area contributed by atoms with Gasteiger partial charge in [-0.15, -0.1) is 0 Å². The molecule has 0 aliphatic carbocycles. The van der Waals surface area contributed by atoms with Gasteiger partial charge in [-0.05, 0) is 25.2 Å². The predicted octanol–water partition coefficient (Wildman–Crippen LogP) is 0.796. The van der Waals surface area contributed by atoms with E-state index in [9.17, 15) is 14.4 Å². The standard InChI is InChI=1S/C14H25N3O4/c1-9(11(18)17-7-5-6-8-17)15-13(21)16-10(12(19)20)14(2,3)4/h9-10H,5-8H2,1-4H3,(H,19,20)(H2,15,16,21)/t9?,10-/m1/s1. The SMILES string of the molecule is CC(NC(=O)N[C@H](C(=O)O)C(C)(C)C)C(=O)N1CCCC1. The van der Waals surface area contributed by atoms with Crippen LogP contribution in [-0.2, 0) is 9.59 Å². The third-order valence-electron chi connectivity index (χ3n) is 3.52. The van der Waals surface area contributed by atoms with Gasteiger partial charge in [0.15, 0.2) is 0 Å². The topological polar surface area (TPSA) is 98.7 Å². The molecular weight excluding hydrogens is 274 g/mol. The van der Waals surface area contributed by atoms with Crippen molar-refractivity contribution in [2.45, 2.75) is 52.6 Å². The summed E-state index contributed by atoms with van der Waals surface area (Å²) in [6.07, 6.45) is 1.96. The normalized spacial score (nSPS) is 18.0. The predicted molar refractivity (Wildman–Crippen MR) is 77.8 cm³/mol. The van der Waals surface area contributed by atoms with Crippen molar-refractivity contribution in [2.24, 2.45) is 5.41 Å². The van der Waals surface area contributed by atoms with Crippen LogP contribution >= 0.6 is 0 Å². The van der Waals surface area contributed by atoms with Crippen LogP contribution in [0.3, 0.4) is 0 Å². The van der Waals surface area contributed by atoms with Gasteiger partial charge in [-0.25, -0.2) is 9.59 Å². The molecule has 1 unspecified atom stereocenters. The number of carbonyl (C=O) groups is 3. The molecule has 0 aromatic heterocycles. The maximum absolute atomic E-state index is 12.1. The Morgan fingerprint density at radius 3 is 2.05 bits per heavy atom. The molecular formula is C14H25N3O4. The third kappa shape index (κ3) is 4.91. The summed E-state index contributed by atoms with van der Waals surface area (Å²) in [5, 5.41) is 14.1. The maximum Gasteiger partial charge on any atom is 0.326 e. The van der Waals surface area contributed by atoms with E-state index in [1.54, 1.807) is 32.6 Å². The van der Waals surface area contributed by atoms with E-state index in [0.29, 0.717) is 13.1 Å². The fourth-order valence-corrected chi connectivity index (χ4v) is 2.29. The molecule has 1 aliphatic heterocycles. The Labute approximate surface area is 125 Å². The zero-order chi connectivity index (χ0) is 16.2. The molecule has 0 radical (unpaired) electrons. The molecule has 21 heavy (non-hydrogen) atoms. The summed E-state index contributed by atoms with van der Waals surface area (Å²) in [5.74, 6) is -1.23. The number of likely N-dealkylation sites (tertiary alicyclic amines) is 1. The van der Waals surface area contributed by atoms with Crippen LogP contribution in [0.25, 0.3) is 0 Å². The number of hydrogen-bond acceptors (Lipinski definition) is 3. The highest BCUT2D eigenvalue weighted by atomic mass is 16.4. The Morgan fingerprint density at radius 1 is 1.10 bits per heavy atom. The smallest absolute Gasteiger partial charge is 0.326 e. The number of rotatable bonds is 4. The number of carbonyl (C=O) groups excluding carboxylic acids is 2. The average Bonchev–Trinajstić information content (AvgIpc) is 2.86. The lowest BCUT2D eigenvalue weighted by Gasteiger charge is -2.28. The highest BCUT2D eigenvalue weighted by Crippen LogP contribution is 2.19. The van der Waals surface area contributed by atoms with E-state index in [1.165, 1.54) is 0 Å². The molecule has 0 spiro atoms. The number of aliphatic carboxylic acids is 1. The molecule has 1 saturated heterocycles. The number of nitrogens with zero attached hydrogens (tertiary/aromatic N) is 1. The van der Waals surface area contributed by atoms with Crippen LogP contribution < -0.4 is 10.6 Å². The average molecular weight is 299 g/mol. The van der Waals surface area contributed by atoms with Crippen LogP contribution in [-0.4, -0.2) is 53.1 Å². The fourth-order valence-electron chi connectivity index (χ4n) is 2.29. The largest absolute Gasteiger partial charge is 0.480 e. The lowest BCUT2D eigenvalue weighted by atomic mass is 9.87. The first kappa shape index (κ1) is 17.3. The first-order valence-corrected chi connectivity index (χ1v) is 7.21. The van der Waals surface area contributed by atoms with Gasteiger partial charge >= 0.3 is 12.0 Å². The summed E-state index contributed by atoms with van der Waals surface area (Å²) in [4.78, 5) is 36.8. The molecule has 120 valence electrons. The number of amides is 3. The monoisotopic (exact) mass is 299 g/mol. The van der Waals surface area contributed by atoms with Crippen molar-refractivity contribution in [1.29, 1.82) is 0 Å². The van der Waals surface area contributed by atoms with Gasteiger partial charge < -0.3 is 20.6 Å². The first-order chi connectivity index (χ1) is 9.62. The van der Waals surface area contributed by atoms with E-state index in [-0.39, 0.29) is 5.91 Å². The quantitative estimate of drug-likeness (QED) is 0.715. The summed E-state index contributed by atoms with van der Waals surface area (Å²) in [6, 6.07) is -2.33. The molecule has 0 saturated carbocycles. The van der Waals surface area contributed by atoms with Gasteiger partial charge in [0.05, 0.1) is 0 Å². The zero-order valence-electron chi connectivity index (χ0n) is 13.1. The number of carboxylic acid groups (broad SMARTS) is 1. The molecule has 0 aromatic carbocycles.